The lowest BCUT2D eigenvalue weighted by atomic mass is 10.0. The van der Waals surface area contributed by atoms with Crippen molar-refractivity contribution >= 4 is 46.3 Å². The van der Waals surface area contributed by atoms with Gasteiger partial charge in [-0.15, -0.1) is 0 Å². The lowest BCUT2D eigenvalue weighted by Crippen LogP contribution is -2.42. The molecule has 2 saturated heterocycles. The largest absolute Gasteiger partial charge is 0.453 e. The highest BCUT2D eigenvalue weighted by Gasteiger charge is 2.39. The van der Waals surface area contributed by atoms with Gasteiger partial charge in [0.1, 0.15) is 23.7 Å². The maximum atomic E-state index is 14.0. The van der Waals surface area contributed by atoms with Crippen molar-refractivity contribution in [2.24, 2.45) is 0 Å². The first-order valence-corrected chi connectivity index (χ1v) is 20.5. The molecule has 16 heteroatoms. The topological polar surface area (TPSA) is 200 Å². The molecule has 0 aliphatic carbocycles. The quantitative estimate of drug-likeness (QED) is 0.110. The van der Waals surface area contributed by atoms with Gasteiger partial charge in [0.15, 0.2) is 11.3 Å². The van der Waals surface area contributed by atoms with Crippen LogP contribution in [0.1, 0.15) is 72.6 Å². The summed E-state index contributed by atoms with van der Waals surface area (Å²) in [6.07, 6.45) is 5.20. The molecule has 3 aromatic carbocycles. The molecule has 6 heterocycles. The van der Waals surface area contributed by atoms with Crippen molar-refractivity contribution in [3.63, 3.8) is 0 Å². The molecule has 9 rings (SSSR count). The van der Waals surface area contributed by atoms with E-state index in [9.17, 15) is 19.2 Å². The number of H-pyrrole nitrogens is 2. The van der Waals surface area contributed by atoms with Crippen molar-refractivity contribution < 1.29 is 28.7 Å². The Labute approximate surface area is 356 Å². The number of alkyl carbamates (subject to hydrolysis) is 2. The molecule has 2 aliphatic heterocycles. The molecule has 16 nitrogen and oxygen atoms in total. The third-order valence-corrected chi connectivity index (χ3v) is 11.6. The van der Waals surface area contributed by atoms with Crippen LogP contribution in [0, 0.1) is 0 Å². The molecule has 0 radical (unpaired) electrons. The highest BCUT2D eigenvalue weighted by atomic mass is 16.5. The molecular weight excluding hydrogens is 789 g/mol. The van der Waals surface area contributed by atoms with Crippen LogP contribution in [0.25, 0.3) is 44.6 Å². The lowest BCUT2D eigenvalue weighted by Gasteiger charge is -2.28. The number of nitrogens with zero attached hydrogens (tertiary/aromatic N) is 6. The van der Waals surface area contributed by atoms with E-state index in [-0.39, 0.29) is 23.9 Å². The number of ether oxygens (including phenoxy) is 2. The van der Waals surface area contributed by atoms with Crippen LogP contribution in [0.2, 0.25) is 0 Å². The van der Waals surface area contributed by atoms with Crippen LogP contribution in [0.4, 0.5) is 9.59 Å². The molecular formula is C46H44N10O6. The van der Waals surface area contributed by atoms with E-state index in [0.717, 1.165) is 46.1 Å². The number of nitrogens with one attached hydrogen (secondary N) is 4. The summed E-state index contributed by atoms with van der Waals surface area (Å²) >= 11 is 0. The molecule has 4 amide bonds. The van der Waals surface area contributed by atoms with Crippen molar-refractivity contribution in [1.82, 2.24) is 50.3 Å². The summed E-state index contributed by atoms with van der Waals surface area (Å²) in [7, 11) is 2.54. The second kappa shape index (κ2) is 17.2. The molecule has 2 fully saturated rings. The van der Waals surface area contributed by atoms with E-state index >= 15 is 0 Å². The van der Waals surface area contributed by atoms with E-state index in [1.54, 1.807) is 46.5 Å². The monoisotopic (exact) mass is 832 g/mol. The van der Waals surface area contributed by atoms with Crippen LogP contribution in [-0.2, 0) is 19.1 Å². The first-order chi connectivity index (χ1) is 30.3. The molecule has 314 valence electrons. The number of likely N-dealkylation sites (tertiary alicyclic amines) is 2. The molecule has 0 unspecified atom stereocenters. The number of aromatic nitrogens is 6. The highest BCUT2D eigenvalue weighted by Crippen LogP contribution is 2.36. The first-order valence-electron chi connectivity index (χ1n) is 20.5. The summed E-state index contributed by atoms with van der Waals surface area (Å²) in [6, 6.07) is 27.9. The zero-order chi connectivity index (χ0) is 42.7. The number of hydrogen-bond acceptors (Lipinski definition) is 10. The fourth-order valence-corrected chi connectivity index (χ4v) is 8.50. The van der Waals surface area contributed by atoms with Gasteiger partial charge < -0.3 is 39.9 Å². The molecule has 0 saturated carbocycles. The zero-order valence-corrected chi connectivity index (χ0v) is 34.1. The summed E-state index contributed by atoms with van der Waals surface area (Å²) in [4.78, 5) is 81.8. The maximum absolute atomic E-state index is 14.0. The number of hydrogen-bond donors (Lipinski definition) is 4. The highest BCUT2D eigenvalue weighted by molar-refractivity contribution is 5.89. The Balaban J connectivity index is 0.910. The summed E-state index contributed by atoms with van der Waals surface area (Å²) in [5.74, 6) is 0.799. The van der Waals surface area contributed by atoms with E-state index in [2.05, 4.69) is 30.6 Å². The summed E-state index contributed by atoms with van der Waals surface area (Å²) in [5, 5.41) is 5.41. The number of imidazole rings is 2. The summed E-state index contributed by atoms with van der Waals surface area (Å²) < 4.78 is 9.67. The van der Waals surface area contributed by atoms with E-state index in [0.29, 0.717) is 60.0 Å². The van der Waals surface area contributed by atoms with Crippen molar-refractivity contribution in [2.75, 3.05) is 27.3 Å². The second-order valence-electron chi connectivity index (χ2n) is 15.4. The van der Waals surface area contributed by atoms with Gasteiger partial charge in [-0.3, -0.25) is 9.59 Å². The normalized spacial score (nSPS) is 17.2. The molecule has 4 N–H and O–H groups in total. The van der Waals surface area contributed by atoms with Gasteiger partial charge in [-0.05, 0) is 60.1 Å². The van der Waals surface area contributed by atoms with Gasteiger partial charge in [0.25, 0.3) is 11.8 Å². The second-order valence-corrected chi connectivity index (χ2v) is 15.4. The van der Waals surface area contributed by atoms with Crippen molar-refractivity contribution in [2.45, 2.75) is 49.9 Å². The van der Waals surface area contributed by atoms with E-state index in [4.69, 9.17) is 19.4 Å². The maximum Gasteiger partial charge on any atom is 0.407 e. The van der Waals surface area contributed by atoms with Gasteiger partial charge in [-0.2, -0.15) is 0 Å². The molecule has 0 spiro atoms. The standard InChI is InChI=1S/C46H44N10O6/c1-61-45(59)51-37(29-11-5-3-6-12-29)43(57)55-21-9-15-35(55)41-49-33-23-31(25-47-39(33)53-41)27-17-19-28(20-18-27)32-24-34-40(48-26-32)54-42(50-34)36-16-10-22-56(36)44(58)38(52-46(60)62-2)30-13-7-4-8-14-30/h3-8,11-14,17-20,23-26,35-38H,9-10,15-16,21-22H2,1-2H3,(H,51,59)(H,52,60)(H,47,49,53)(H,48,50,54)/t35-,36-,37+,38+/m0/s1. The number of carbonyl (C=O) groups is 4. The minimum atomic E-state index is -0.908. The van der Waals surface area contributed by atoms with Gasteiger partial charge >= 0.3 is 12.2 Å². The molecule has 7 aromatic rings. The van der Waals surface area contributed by atoms with Crippen LogP contribution in [0.5, 0.6) is 0 Å². The van der Waals surface area contributed by atoms with Gasteiger partial charge in [-0.25, -0.2) is 29.5 Å². The Morgan fingerprint density at radius 2 is 1.00 bits per heavy atom. The Hall–Kier alpha value is -7.62. The lowest BCUT2D eigenvalue weighted by molar-refractivity contribution is -0.135. The van der Waals surface area contributed by atoms with Crippen molar-refractivity contribution in [1.29, 1.82) is 0 Å². The van der Waals surface area contributed by atoms with Gasteiger partial charge in [0.2, 0.25) is 0 Å². The Kier molecular flexibility index (Phi) is 11.0. The molecule has 4 aromatic heterocycles. The van der Waals surface area contributed by atoms with Crippen LogP contribution >= 0.6 is 0 Å². The number of carbonyl (C=O) groups excluding carboxylic acids is 4. The number of pyridine rings is 2. The average molecular weight is 833 g/mol. The molecule has 62 heavy (non-hydrogen) atoms. The fourth-order valence-electron chi connectivity index (χ4n) is 8.50. The van der Waals surface area contributed by atoms with E-state index < -0.39 is 24.3 Å². The van der Waals surface area contributed by atoms with E-state index in [1.807, 2.05) is 72.8 Å². The third-order valence-electron chi connectivity index (χ3n) is 11.6. The number of benzene rings is 3. The minimum Gasteiger partial charge on any atom is -0.453 e. The van der Waals surface area contributed by atoms with Crippen molar-refractivity contribution in [3.05, 3.63) is 132 Å². The van der Waals surface area contributed by atoms with Gasteiger partial charge in [-0.1, -0.05) is 84.9 Å². The van der Waals surface area contributed by atoms with Crippen LogP contribution in [0.3, 0.4) is 0 Å². The SMILES string of the molecule is COC(=O)N[C@@H](C(=O)N1CCC[C@H]1c1nc2ncc(-c3ccc(-c4cnc5nc([C@@H]6CCCN6C(=O)[C@H](NC(=O)OC)c6ccccc6)[nH]c5c4)cc3)cc2[nH]1)c1ccccc1. The molecule has 0 bridgehead atoms. The molecule has 2 aliphatic rings. The number of fused-ring (bicyclic) bond motifs is 2. The number of amides is 4. The molecule has 4 atom stereocenters. The zero-order valence-electron chi connectivity index (χ0n) is 34.1. The first kappa shape index (κ1) is 39.8. The fraction of sp³-hybridized carbons (Fsp3) is 0.261. The van der Waals surface area contributed by atoms with Crippen LogP contribution < -0.4 is 10.6 Å². The number of aromatic amines is 2. The predicted molar refractivity (Wildman–Crippen MR) is 229 cm³/mol. The van der Waals surface area contributed by atoms with Crippen LogP contribution in [0.15, 0.2) is 109 Å². The number of rotatable bonds is 10. The third kappa shape index (κ3) is 7.89. The smallest absolute Gasteiger partial charge is 0.407 e. The van der Waals surface area contributed by atoms with Crippen LogP contribution in [-0.4, -0.2) is 91.0 Å². The van der Waals surface area contributed by atoms with Gasteiger partial charge in [0.05, 0.1) is 37.3 Å². The predicted octanol–water partition coefficient (Wildman–Crippen LogP) is 7.08. The summed E-state index contributed by atoms with van der Waals surface area (Å²) in [5.41, 5.74) is 7.60. The Bertz CT molecular complexity index is 2570. The van der Waals surface area contributed by atoms with Crippen molar-refractivity contribution in [3.8, 4) is 22.3 Å². The number of methoxy groups -OCH3 is 2. The average Bonchev–Trinajstić information content (AvgIpc) is 4.16. The summed E-state index contributed by atoms with van der Waals surface area (Å²) in [6.45, 7) is 1.05. The van der Waals surface area contributed by atoms with Gasteiger partial charge in [0, 0.05) is 36.6 Å². The van der Waals surface area contributed by atoms with E-state index in [1.165, 1.54) is 14.2 Å². The Morgan fingerprint density at radius 3 is 1.39 bits per heavy atom. The Morgan fingerprint density at radius 1 is 0.597 bits per heavy atom. The minimum absolute atomic E-state index is 0.239.